The van der Waals surface area contributed by atoms with Crippen molar-refractivity contribution in [3.05, 3.63) is 36.7 Å². The van der Waals surface area contributed by atoms with E-state index in [4.69, 9.17) is 0 Å². The van der Waals surface area contributed by atoms with Crippen LogP contribution in [0.3, 0.4) is 0 Å². The van der Waals surface area contributed by atoms with E-state index < -0.39 is 15.8 Å². The average molecular weight is 242 g/mol. The number of sulfonamides is 1. The summed E-state index contributed by atoms with van der Waals surface area (Å²) in [5.74, 6) is -0.713. The molecule has 0 aliphatic heterocycles. The van der Waals surface area contributed by atoms with Crippen molar-refractivity contribution in [1.82, 2.24) is 15.2 Å². The number of aromatic nitrogens is 3. The Morgan fingerprint density at radius 3 is 2.75 bits per heavy atom. The Hall–Kier alpha value is -1.96. The van der Waals surface area contributed by atoms with E-state index in [1.807, 2.05) is 0 Å². The molecular formula is C8H7FN4O2S. The maximum absolute atomic E-state index is 12.8. The molecule has 84 valence electrons. The molecule has 0 aliphatic carbocycles. The van der Waals surface area contributed by atoms with Gasteiger partial charge in [0.05, 0.1) is 18.1 Å². The molecule has 0 aromatic carbocycles. The van der Waals surface area contributed by atoms with E-state index >= 15 is 0 Å². The standard InChI is InChI=1S/C8H7FN4O2S/c9-6-1-8(5-10-2-6)16(14,15)13-7-3-11-12-4-7/h1-5,13H,(H,11,12). The van der Waals surface area contributed by atoms with Crippen LogP contribution in [0, 0.1) is 5.82 Å². The van der Waals surface area contributed by atoms with Gasteiger partial charge in [-0.25, -0.2) is 12.8 Å². The van der Waals surface area contributed by atoms with E-state index in [0.717, 1.165) is 18.5 Å². The zero-order valence-electron chi connectivity index (χ0n) is 7.88. The number of H-pyrrole nitrogens is 1. The first-order chi connectivity index (χ1) is 7.58. The highest BCUT2D eigenvalue weighted by atomic mass is 32.2. The van der Waals surface area contributed by atoms with Gasteiger partial charge in [0, 0.05) is 12.4 Å². The lowest BCUT2D eigenvalue weighted by Crippen LogP contribution is -2.13. The Labute approximate surface area is 90.6 Å². The first kappa shape index (κ1) is 10.6. The molecule has 0 bridgehead atoms. The zero-order chi connectivity index (χ0) is 11.6. The van der Waals surface area contributed by atoms with E-state index in [1.54, 1.807) is 0 Å². The van der Waals surface area contributed by atoms with E-state index in [9.17, 15) is 12.8 Å². The number of aromatic amines is 1. The molecule has 2 rings (SSSR count). The predicted molar refractivity (Wildman–Crippen MR) is 53.6 cm³/mol. The third kappa shape index (κ3) is 2.16. The van der Waals surface area contributed by atoms with Gasteiger partial charge in [-0.15, -0.1) is 0 Å². The van der Waals surface area contributed by atoms with E-state index in [2.05, 4.69) is 19.9 Å². The molecule has 2 aromatic rings. The van der Waals surface area contributed by atoms with E-state index in [0.29, 0.717) is 0 Å². The lowest BCUT2D eigenvalue weighted by Gasteiger charge is -2.04. The number of nitrogens with zero attached hydrogens (tertiary/aromatic N) is 2. The summed E-state index contributed by atoms with van der Waals surface area (Å²) in [4.78, 5) is 3.22. The topological polar surface area (TPSA) is 87.7 Å². The second-order valence-corrected chi connectivity index (χ2v) is 4.61. The molecule has 8 heteroatoms. The Morgan fingerprint density at radius 2 is 2.12 bits per heavy atom. The summed E-state index contributed by atoms with van der Waals surface area (Å²) in [6.45, 7) is 0. The van der Waals surface area contributed by atoms with Gasteiger partial charge in [0.25, 0.3) is 10.0 Å². The summed E-state index contributed by atoms with van der Waals surface area (Å²) in [6, 6.07) is 0.884. The predicted octanol–water partition coefficient (Wildman–Crippen LogP) is 0.745. The second kappa shape index (κ2) is 3.89. The van der Waals surface area contributed by atoms with Crippen molar-refractivity contribution in [1.29, 1.82) is 0 Å². The lowest BCUT2D eigenvalue weighted by atomic mass is 10.5. The summed E-state index contributed by atoms with van der Waals surface area (Å²) < 4.78 is 38.4. The molecule has 0 amide bonds. The lowest BCUT2D eigenvalue weighted by molar-refractivity contribution is 0.592. The number of anilines is 1. The Morgan fingerprint density at radius 1 is 1.31 bits per heavy atom. The monoisotopic (exact) mass is 242 g/mol. The van der Waals surface area contributed by atoms with Gasteiger partial charge in [0.2, 0.25) is 0 Å². The number of hydrogen-bond donors (Lipinski definition) is 2. The Balaban J connectivity index is 2.33. The molecule has 2 N–H and O–H groups in total. The molecule has 0 atom stereocenters. The molecule has 2 heterocycles. The van der Waals surface area contributed by atoms with Gasteiger partial charge < -0.3 is 0 Å². The minimum atomic E-state index is -3.82. The van der Waals surface area contributed by atoms with Crippen molar-refractivity contribution in [3.8, 4) is 0 Å². The van der Waals surface area contributed by atoms with Crippen LogP contribution < -0.4 is 4.72 Å². The maximum Gasteiger partial charge on any atom is 0.263 e. The molecule has 0 radical (unpaired) electrons. The highest BCUT2D eigenvalue weighted by Crippen LogP contribution is 2.14. The quantitative estimate of drug-likeness (QED) is 0.831. The van der Waals surface area contributed by atoms with Gasteiger partial charge in [0.15, 0.2) is 0 Å². The van der Waals surface area contributed by atoms with E-state index in [1.165, 1.54) is 12.4 Å². The van der Waals surface area contributed by atoms with Crippen LogP contribution in [-0.4, -0.2) is 23.6 Å². The molecule has 0 saturated heterocycles. The number of nitrogens with one attached hydrogen (secondary N) is 2. The van der Waals surface area contributed by atoms with Gasteiger partial charge in [-0.05, 0) is 6.07 Å². The summed E-state index contributed by atoms with van der Waals surface area (Å²) in [7, 11) is -3.82. The normalized spacial score (nSPS) is 11.3. The van der Waals surface area contributed by atoms with Crippen LogP contribution >= 0.6 is 0 Å². The Bertz CT molecular complexity index is 582. The van der Waals surface area contributed by atoms with Crippen LogP contribution in [0.2, 0.25) is 0 Å². The third-order valence-corrected chi connectivity index (χ3v) is 3.09. The van der Waals surface area contributed by atoms with Crippen LogP contribution in [-0.2, 0) is 10.0 Å². The molecule has 0 unspecified atom stereocenters. The molecule has 16 heavy (non-hydrogen) atoms. The van der Waals surface area contributed by atoms with Crippen molar-refractivity contribution >= 4 is 15.7 Å². The van der Waals surface area contributed by atoms with Gasteiger partial charge in [-0.2, -0.15) is 5.10 Å². The zero-order valence-corrected chi connectivity index (χ0v) is 8.70. The van der Waals surface area contributed by atoms with Gasteiger partial charge in [-0.3, -0.25) is 14.8 Å². The van der Waals surface area contributed by atoms with Gasteiger partial charge >= 0.3 is 0 Å². The first-order valence-corrected chi connectivity index (χ1v) is 5.68. The molecular weight excluding hydrogens is 235 g/mol. The fourth-order valence-electron chi connectivity index (χ4n) is 1.06. The summed E-state index contributed by atoms with van der Waals surface area (Å²) in [6.07, 6.45) is 4.65. The average Bonchev–Trinajstić information content (AvgIpc) is 2.70. The first-order valence-electron chi connectivity index (χ1n) is 4.20. The smallest absolute Gasteiger partial charge is 0.263 e. The van der Waals surface area contributed by atoms with Crippen LogP contribution in [0.1, 0.15) is 0 Å². The summed E-state index contributed by atoms with van der Waals surface area (Å²) in [5, 5.41) is 6.02. The highest BCUT2D eigenvalue weighted by Gasteiger charge is 2.15. The largest absolute Gasteiger partial charge is 0.284 e. The van der Waals surface area contributed by atoms with Gasteiger partial charge in [0.1, 0.15) is 10.7 Å². The third-order valence-electron chi connectivity index (χ3n) is 1.74. The molecule has 2 aromatic heterocycles. The molecule has 0 spiro atoms. The number of rotatable bonds is 3. The SMILES string of the molecule is O=S(=O)(Nc1cn[nH]c1)c1cncc(F)c1. The summed E-state index contributed by atoms with van der Waals surface area (Å²) in [5.41, 5.74) is 0.268. The van der Waals surface area contributed by atoms with Crippen LogP contribution in [0.15, 0.2) is 35.7 Å². The fraction of sp³-hybridized carbons (Fsp3) is 0. The van der Waals surface area contributed by atoms with Crippen molar-refractivity contribution in [2.24, 2.45) is 0 Å². The van der Waals surface area contributed by atoms with Crippen molar-refractivity contribution < 1.29 is 12.8 Å². The fourth-order valence-corrected chi connectivity index (χ4v) is 2.07. The molecule has 6 nitrogen and oxygen atoms in total. The highest BCUT2D eigenvalue weighted by molar-refractivity contribution is 7.92. The maximum atomic E-state index is 12.8. The number of halogens is 1. The van der Waals surface area contributed by atoms with E-state index in [-0.39, 0.29) is 10.6 Å². The van der Waals surface area contributed by atoms with Crippen LogP contribution in [0.4, 0.5) is 10.1 Å². The van der Waals surface area contributed by atoms with Crippen LogP contribution in [0.25, 0.3) is 0 Å². The second-order valence-electron chi connectivity index (χ2n) is 2.93. The van der Waals surface area contributed by atoms with Crippen molar-refractivity contribution in [2.45, 2.75) is 4.90 Å². The van der Waals surface area contributed by atoms with Crippen LogP contribution in [0.5, 0.6) is 0 Å². The van der Waals surface area contributed by atoms with Gasteiger partial charge in [-0.1, -0.05) is 0 Å². The molecule has 0 aliphatic rings. The molecule has 0 fully saturated rings. The minimum absolute atomic E-state index is 0.242. The minimum Gasteiger partial charge on any atom is -0.284 e. The number of pyridine rings is 1. The number of hydrogen-bond acceptors (Lipinski definition) is 4. The van der Waals surface area contributed by atoms with Crippen molar-refractivity contribution in [3.63, 3.8) is 0 Å². The van der Waals surface area contributed by atoms with Crippen molar-refractivity contribution in [2.75, 3.05) is 4.72 Å². The summed E-state index contributed by atoms with van der Waals surface area (Å²) >= 11 is 0. The molecule has 0 saturated carbocycles. The Kier molecular flexibility index (Phi) is 2.57.